The summed E-state index contributed by atoms with van der Waals surface area (Å²) in [5.41, 5.74) is -0.302. The van der Waals surface area contributed by atoms with Gasteiger partial charge in [0.1, 0.15) is 23.6 Å². The average Bonchev–Trinajstić information content (AvgIpc) is 3.10. The molecule has 1 atom stereocenters. The Balaban J connectivity index is 1.90. The molecule has 10 heteroatoms. The van der Waals surface area contributed by atoms with Gasteiger partial charge in [0.15, 0.2) is 5.82 Å². The van der Waals surface area contributed by atoms with E-state index in [0.29, 0.717) is 25.5 Å². The van der Waals surface area contributed by atoms with E-state index in [0.717, 1.165) is 12.2 Å². The Morgan fingerprint density at radius 3 is 3.12 bits per heavy atom. The molecule has 0 bridgehead atoms. The quantitative estimate of drug-likeness (QED) is 0.651. The molecule has 24 heavy (non-hydrogen) atoms. The van der Waals surface area contributed by atoms with E-state index in [2.05, 4.69) is 20.2 Å². The third-order valence-electron chi connectivity index (χ3n) is 3.75. The van der Waals surface area contributed by atoms with Crippen molar-refractivity contribution in [1.29, 1.82) is 5.26 Å². The highest BCUT2D eigenvalue weighted by Gasteiger charge is 2.31. The van der Waals surface area contributed by atoms with Gasteiger partial charge in [-0.2, -0.15) is 10.4 Å². The molecular weight excluding hydrogens is 314 g/mol. The predicted molar refractivity (Wildman–Crippen MR) is 82.3 cm³/mol. The highest BCUT2D eigenvalue weighted by atomic mass is 16.6. The molecule has 1 aliphatic heterocycles. The van der Waals surface area contributed by atoms with E-state index >= 15 is 0 Å². The molecule has 124 valence electrons. The van der Waals surface area contributed by atoms with E-state index in [1.54, 1.807) is 4.90 Å². The largest absolute Gasteiger partial charge is 0.366 e. The molecule has 0 aliphatic carbocycles. The SMILES string of the molecule is CCc1nc(C2CN(c3nccc(C#N)c3[N+](=O)[O-])CCO2)n[nH]1. The number of ether oxygens (including phenoxy) is 1. The van der Waals surface area contributed by atoms with E-state index < -0.39 is 11.0 Å². The number of rotatable bonds is 4. The highest BCUT2D eigenvalue weighted by Crippen LogP contribution is 2.32. The van der Waals surface area contributed by atoms with Gasteiger partial charge < -0.3 is 9.64 Å². The molecule has 3 heterocycles. The van der Waals surface area contributed by atoms with E-state index in [9.17, 15) is 10.1 Å². The van der Waals surface area contributed by atoms with Crippen molar-refractivity contribution in [2.75, 3.05) is 24.6 Å². The molecule has 10 nitrogen and oxygen atoms in total. The van der Waals surface area contributed by atoms with Crippen LogP contribution in [-0.4, -0.2) is 44.8 Å². The summed E-state index contributed by atoms with van der Waals surface area (Å²) in [5, 5.41) is 27.4. The topological polar surface area (TPSA) is 134 Å². The van der Waals surface area contributed by atoms with Crippen molar-refractivity contribution in [3.05, 3.63) is 39.6 Å². The number of anilines is 1. The van der Waals surface area contributed by atoms with E-state index in [-0.39, 0.29) is 17.1 Å². The molecule has 0 radical (unpaired) electrons. The number of hydrogen-bond donors (Lipinski definition) is 1. The number of pyridine rings is 1. The summed E-state index contributed by atoms with van der Waals surface area (Å²) in [4.78, 5) is 21.0. The lowest BCUT2D eigenvalue weighted by Crippen LogP contribution is -2.39. The summed E-state index contributed by atoms with van der Waals surface area (Å²) in [6.45, 7) is 3.07. The number of aromatic amines is 1. The molecular formula is C14H15N7O3. The smallest absolute Gasteiger partial charge is 0.329 e. The standard InChI is InChI=1S/C14H15N7O3/c1-2-11-17-13(19-18-11)10-8-20(5-6-24-10)14-12(21(22)23)9(7-15)3-4-16-14/h3-4,10H,2,5-6,8H2,1H3,(H,17,18,19). The Bertz CT molecular complexity index is 798. The van der Waals surface area contributed by atoms with Crippen LogP contribution in [0.15, 0.2) is 12.3 Å². The van der Waals surface area contributed by atoms with Crippen LogP contribution in [0.25, 0.3) is 0 Å². The van der Waals surface area contributed by atoms with Gasteiger partial charge in [-0.05, 0) is 6.07 Å². The zero-order chi connectivity index (χ0) is 17.1. The summed E-state index contributed by atoms with van der Waals surface area (Å²) >= 11 is 0. The third kappa shape index (κ3) is 2.89. The number of aryl methyl sites for hydroxylation is 1. The van der Waals surface area contributed by atoms with Crippen LogP contribution in [0.5, 0.6) is 0 Å². The lowest BCUT2D eigenvalue weighted by Gasteiger charge is -2.32. The van der Waals surface area contributed by atoms with E-state index in [4.69, 9.17) is 10.00 Å². The number of hydrogen-bond acceptors (Lipinski definition) is 8. The summed E-state index contributed by atoms with van der Waals surface area (Å²) in [6.07, 6.45) is 1.70. The molecule has 1 fully saturated rings. The molecule has 0 saturated carbocycles. The summed E-state index contributed by atoms with van der Waals surface area (Å²) in [7, 11) is 0. The molecule has 1 saturated heterocycles. The van der Waals surface area contributed by atoms with Crippen LogP contribution in [0.2, 0.25) is 0 Å². The number of nitrogens with zero attached hydrogens (tertiary/aromatic N) is 6. The average molecular weight is 329 g/mol. The first-order chi connectivity index (χ1) is 11.6. The van der Waals surface area contributed by atoms with Gasteiger partial charge in [0, 0.05) is 19.2 Å². The molecule has 1 aliphatic rings. The molecule has 0 amide bonds. The first-order valence-electron chi connectivity index (χ1n) is 7.45. The monoisotopic (exact) mass is 329 g/mol. The van der Waals surface area contributed by atoms with Crippen molar-refractivity contribution in [2.24, 2.45) is 0 Å². The number of nitrogens with one attached hydrogen (secondary N) is 1. The normalized spacial score (nSPS) is 17.5. The minimum atomic E-state index is -0.576. The molecule has 3 rings (SSSR count). The van der Waals surface area contributed by atoms with Crippen molar-refractivity contribution < 1.29 is 9.66 Å². The molecule has 0 spiro atoms. The Labute approximate surface area is 137 Å². The van der Waals surface area contributed by atoms with Gasteiger partial charge in [0.05, 0.1) is 18.1 Å². The number of aromatic nitrogens is 4. The fraction of sp³-hybridized carbons (Fsp3) is 0.429. The molecule has 1 N–H and O–H groups in total. The van der Waals surface area contributed by atoms with Crippen LogP contribution in [0.1, 0.15) is 30.2 Å². The van der Waals surface area contributed by atoms with Gasteiger partial charge in [0.25, 0.3) is 0 Å². The van der Waals surface area contributed by atoms with Crippen LogP contribution in [0, 0.1) is 21.4 Å². The molecule has 2 aromatic heterocycles. The number of morpholine rings is 1. The maximum atomic E-state index is 11.4. The Kier molecular flexibility index (Phi) is 4.35. The Morgan fingerprint density at radius 2 is 2.46 bits per heavy atom. The van der Waals surface area contributed by atoms with E-state index in [1.807, 2.05) is 13.0 Å². The molecule has 1 unspecified atom stereocenters. The lowest BCUT2D eigenvalue weighted by molar-refractivity contribution is -0.384. The maximum absolute atomic E-state index is 11.4. The molecule has 0 aromatic carbocycles. The van der Waals surface area contributed by atoms with Crippen molar-refractivity contribution in [3.63, 3.8) is 0 Å². The minimum absolute atomic E-state index is 0.0146. The fourth-order valence-electron chi connectivity index (χ4n) is 2.55. The lowest BCUT2D eigenvalue weighted by atomic mass is 10.2. The number of H-pyrrole nitrogens is 1. The first kappa shape index (κ1) is 15.8. The van der Waals surface area contributed by atoms with Gasteiger partial charge >= 0.3 is 5.69 Å². The predicted octanol–water partition coefficient (Wildman–Crippen LogP) is 1.12. The number of nitro groups is 1. The zero-order valence-corrected chi connectivity index (χ0v) is 13.0. The first-order valence-corrected chi connectivity index (χ1v) is 7.45. The second kappa shape index (κ2) is 6.59. The van der Waals surface area contributed by atoms with Crippen molar-refractivity contribution >= 4 is 11.5 Å². The van der Waals surface area contributed by atoms with Crippen LogP contribution in [0.4, 0.5) is 11.5 Å². The van der Waals surface area contributed by atoms with Crippen LogP contribution >= 0.6 is 0 Å². The van der Waals surface area contributed by atoms with Gasteiger partial charge in [-0.25, -0.2) is 9.97 Å². The van der Waals surface area contributed by atoms with Crippen LogP contribution < -0.4 is 4.90 Å². The fourth-order valence-corrected chi connectivity index (χ4v) is 2.55. The van der Waals surface area contributed by atoms with Crippen molar-refractivity contribution in [1.82, 2.24) is 20.2 Å². The van der Waals surface area contributed by atoms with Gasteiger partial charge in [-0.3, -0.25) is 15.2 Å². The summed E-state index contributed by atoms with van der Waals surface area (Å²) in [6, 6.07) is 3.18. The molecule has 2 aromatic rings. The third-order valence-corrected chi connectivity index (χ3v) is 3.75. The Morgan fingerprint density at radius 1 is 1.62 bits per heavy atom. The number of nitriles is 1. The van der Waals surface area contributed by atoms with Gasteiger partial charge in [-0.1, -0.05) is 6.92 Å². The van der Waals surface area contributed by atoms with Crippen molar-refractivity contribution in [3.8, 4) is 6.07 Å². The van der Waals surface area contributed by atoms with Crippen molar-refractivity contribution in [2.45, 2.75) is 19.4 Å². The summed E-state index contributed by atoms with van der Waals surface area (Å²) in [5.74, 6) is 1.43. The summed E-state index contributed by atoms with van der Waals surface area (Å²) < 4.78 is 5.68. The Hall–Kier alpha value is -3.06. The highest BCUT2D eigenvalue weighted by molar-refractivity contribution is 5.65. The van der Waals surface area contributed by atoms with E-state index in [1.165, 1.54) is 12.3 Å². The van der Waals surface area contributed by atoms with Gasteiger partial charge in [-0.15, -0.1) is 0 Å². The second-order valence-electron chi connectivity index (χ2n) is 5.20. The van der Waals surface area contributed by atoms with Crippen LogP contribution in [0.3, 0.4) is 0 Å². The maximum Gasteiger partial charge on any atom is 0.329 e. The zero-order valence-electron chi connectivity index (χ0n) is 13.0. The van der Waals surface area contributed by atoms with Gasteiger partial charge in [0.2, 0.25) is 5.82 Å². The minimum Gasteiger partial charge on any atom is -0.366 e. The second-order valence-corrected chi connectivity index (χ2v) is 5.20. The van der Waals surface area contributed by atoms with Crippen LogP contribution in [-0.2, 0) is 11.2 Å².